The van der Waals surface area contributed by atoms with Crippen LogP contribution in [0.15, 0.2) is 18.2 Å². The van der Waals surface area contributed by atoms with Crippen molar-refractivity contribution < 1.29 is 14.6 Å². The number of hydrogen-bond donors (Lipinski definition) is 2. The third-order valence-corrected chi connectivity index (χ3v) is 3.09. The first-order valence-electron chi connectivity index (χ1n) is 7.02. The third kappa shape index (κ3) is 5.39. The van der Waals surface area contributed by atoms with Crippen molar-refractivity contribution in [1.82, 2.24) is 5.32 Å². The van der Waals surface area contributed by atoms with Gasteiger partial charge in [0.05, 0.1) is 19.8 Å². The first-order valence-corrected chi connectivity index (χ1v) is 7.02. The minimum Gasteiger partial charge on any atom is -0.493 e. The van der Waals surface area contributed by atoms with Crippen LogP contribution in [0.4, 0.5) is 0 Å². The lowest BCUT2D eigenvalue weighted by Gasteiger charge is -2.25. The fourth-order valence-corrected chi connectivity index (χ4v) is 2.12. The normalized spacial score (nSPS) is 14.2. The van der Waals surface area contributed by atoms with Crippen molar-refractivity contribution in [1.29, 1.82) is 0 Å². The van der Waals surface area contributed by atoms with E-state index in [9.17, 15) is 5.11 Å². The molecule has 0 fully saturated rings. The molecule has 0 aliphatic rings. The van der Waals surface area contributed by atoms with Gasteiger partial charge in [-0.25, -0.2) is 0 Å². The molecule has 0 spiro atoms. The summed E-state index contributed by atoms with van der Waals surface area (Å²) >= 11 is 0. The van der Waals surface area contributed by atoms with Gasteiger partial charge in [0.15, 0.2) is 11.5 Å². The molecule has 1 aromatic carbocycles. The molecule has 0 saturated carbocycles. The Hall–Kier alpha value is -1.26. The second-order valence-electron chi connectivity index (χ2n) is 5.89. The van der Waals surface area contributed by atoms with E-state index in [4.69, 9.17) is 9.47 Å². The summed E-state index contributed by atoms with van der Waals surface area (Å²) in [6.07, 6.45) is 0.568. The second-order valence-corrected chi connectivity index (χ2v) is 5.89. The minimum absolute atomic E-state index is 0.568. The highest BCUT2D eigenvalue weighted by atomic mass is 16.5. The SMILES string of the molecule is COc1ccc(CC(C)(O)CNCC(C)C)cc1OC. The van der Waals surface area contributed by atoms with Gasteiger partial charge >= 0.3 is 0 Å². The van der Waals surface area contributed by atoms with Gasteiger partial charge in [-0.15, -0.1) is 0 Å². The highest BCUT2D eigenvalue weighted by molar-refractivity contribution is 5.43. The highest BCUT2D eigenvalue weighted by Gasteiger charge is 2.21. The van der Waals surface area contributed by atoms with Crippen molar-refractivity contribution in [3.8, 4) is 11.5 Å². The molecule has 4 heteroatoms. The Labute approximate surface area is 122 Å². The summed E-state index contributed by atoms with van der Waals surface area (Å²) < 4.78 is 10.5. The Morgan fingerprint density at radius 1 is 1.20 bits per heavy atom. The number of benzene rings is 1. The topological polar surface area (TPSA) is 50.7 Å². The number of methoxy groups -OCH3 is 2. The van der Waals surface area contributed by atoms with Gasteiger partial charge in [-0.1, -0.05) is 19.9 Å². The Kier molecular flexibility index (Phi) is 6.30. The third-order valence-electron chi connectivity index (χ3n) is 3.09. The summed E-state index contributed by atoms with van der Waals surface area (Å²) in [5, 5.41) is 13.7. The van der Waals surface area contributed by atoms with Crippen molar-refractivity contribution in [2.24, 2.45) is 5.92 Å². The molecule has 0 aliphatic heterocycles. The van der Waals surface area contributed by atoms with Gasteiger partial charge in [-0.3, -0.25) is 0 Å². The molecular formula is C16H27NO3. The Bertz CT molecular complexity index is 416. The summed E-state index contributed by atoms with van der Waals surface area (Å²) in [5.74, 6) is 1.97. The van der Waals surface area contributed by atoms with Crippen molar-refractivity contribution in [2.45, 2.75) is 32.8 Å². The van der Waals surface area contributed by atoms with Crippen molar-refractivity contribution in [2.75, 3.05) is 27.3 Å². The maximum absolute atomic E-state index is 10.4. The summed E-state index contributed by atoms with van der Waals surface area (Å²) in [5.41, 5.74) is 0.244. The zero-order valence-corrected chi connectivity index (χ0v) is 13.2. The fourth-order valence-electron chi connectivity index (χ4n) is 2.12. The van der Waals surface area contributed by atoms with Crippen LogP contribution in [0.5, 0.6) is 11.5 Å². The number of aliphatic hydroxyl groups is 1. The van der Waals surface area contributed by atoms with Crippen LogP contribution in [0.3, 0.4) is 0 Å². The first-order chi connectivity index (χ1) is 9.38. The van der Waals surface area contributed by atoms with E-state index in [-0.39, 0.29) is 0 Å². The van der Waals surface area contributed by atoms with Gasteiger partial charge < -0.3 is 19.9 Å². The molecule has 1 atom stereocenters. The molecule has 0 saturated heterocycles. The molecule has 1 aromatic rings. The van der Waals surface area contributed by atoms with Crippen LogP contribution in [0, 0.1) is 5.92 Å². The van der Waals surface area contributed by atoms with Crippen LogP contribution in [0.2, 0.25) is 0 Å². The molecule has 20 heavy (non-hydrogen) atoms. The van der Waals surface area contributed by atoms with Gasteiger partial charge in [-0.05, 0) is 37.1 Å². The molecule has 0 radical (unpaired) electrons. The maximum Gasteiger partial charge on any atom is 0.160 e. The molecule has 114 valence electrons. The van der Waals surface area contributed by atoms with E-state index in [1.807, 2.05) is 25.1 Å². The quantitative estimate of drug-likeness (QED) is 0.767. The second kappa shape index (κ2) is 7.50. The van der Waals surface area contributed by atoms with E-state index in [2.05, 4.69) is 19.2 Å². The maximum atomic E-state index is 10.4. The lowest BCUT2D eigenvalue weighted by molar-refractivity contribution is 0.0595. The Balaban J connectivity index is 2.66. The molecule has 0 aliphatic carbocycles. The smallest absolute Gasteiger partial charge is 0.160 e. The Morgan fingerprint density at radius 3 is 2.40 bits per heavy atom. The van der Waals surface area contributed by atoms with Crippen LogP contribution in [0.25, 0.3) is 0 Å². The molecule has 0 aromatic heterocycles. The number of hydrogen-bond acceptors (Lipinski definition) is 4. The van der Waals surface area contributed by atoms with Gasteiger partial charge in [-0.2, -0.15) is 0 Å². The van der Waals surface area contributed by atoms with E-state index < -0.39 is 5.60 Å². The zero-order valence-electron chi connectivity index (χ0n) is 13.2. The number of ether oxygens (including phenoxy) is 2. The molecule has 0 bridgehead atoms. The lowest BCUT2D eigenvalue weighted by Crippen LogP contribution is -2.40. The van der Waals surface area contributed by atoms with Gasteiger partial charge in [0.25, 0.3) is 0 Å². The van der Waals surface area contributed by atoms with Crippen LogP contribution in [-0.2, 0) is 6.42 Å². The van der Waals surface area contributed by atoms with Crippen molar-refractivity contribution >= 4 is 0 Å². The zero-order chi connectivity index (χ0) is 15.2. The average molecular weight is 281 g/mol. The number of nitrogens with one attached hydrogen (secondary N) is 1. The lowest BCUT2D eigenvalue weighted by atomic mass is 9.96. The van der Waals surface area contributed by atoms with Crippen LogP contribution in [0.1, 0.15) is 26.3 Å². The standard InChI is InChI=1S/C16H27NO3/c1-12(2)10-17-11-16(3,18)9-13-6-7-14(19-4)15(8-13)20-5/h6-8,12,17-18H,9-11H2,1-5H3. The number of rotatable bonds is 8. The Morgan fingerprint density at radius 2 is 1.85 bits per heavy atom. The largest absolute Gasteiger partial charge is 0.493 e. The summed E-state index contributed by atoms with van der Waals surface area (Å²) in [6.45, 7) is 7.62. The summed E-state index contributed by atoms with van der Waals surface area (Å²) in [6, 6.07) is 5.74. The first kappa shape index (κ1) is 16.8. The van der Waals surface area contributed by atoms with Gasteiger partial charge in [0.1, 0.15) is 0 Å². The van der Waals surface area contributed by atoms with Gasteiger partial charge in [0, 0.05) is 13.0 Å². The highest BCUT2D eigenvalue weighted by Crippen LogP contribution is 2.28. The van der Waals surface area contributed by atoms with E-state index in [1.54, 1.807) is 14.2 Å². The van der Waals surface area contributed by atoms with Crippen LogP contribution in [-0.4, -0.2) is 38.0 Å². The molecule has 0 heterocycles. The average Bonchev–Trinajstić information content (AvgIpc) is 2.37. The van der Waals surface area contributed by atoms with E-state index in [0.29, 0.717) is 30.4 Å². The molecule has 1 rings (SSSR count). The fraction of sp³-hybridized carbons (Fsp3) is 0.625. The van der Waals surface area contributed by atoms with Crippen molar-refractivity contribution in [3.05, 3.63) is 23.8 Å². The summed E-state index contributed by atoms with van der Waals surface area (Å²) in [7, 11) is 3.23. The molecule has 0 amide bonds. The predicted molar refractivity (Wildman–Crippen MR) is 81.6 cm³/mol. The van der Waals surface area contributed by atoms with Crippen LogP contribution >= 0.6 is 0 Å². The summed E-state index contributed by atoms with van der Waals surface area (Å²) in [4.78, 5) is 0. The van der Waals surface area contributed by atoms with E-state index >= 15 is 0 Å². The predicted octanol–water partition coefficient (Wildman–Crippen LogP) is 2.24. The molecular weight excluding hydrogens is 254 g/mol. The minimum atomic E-state index is -0.783. The van der Waals surface area contributed by atoms with Gasteiger partial charge in [0.2, 0.25) is 0 Å². The molecule has 4 nitrogen and oxygen atoms in total. The van der Waals surface area contributed by atoms with E-state index in [0.717, 1.165) is 12.1 Å². The van der Waals surface area contributed by atoms with Crippen molar-refractivity contribution in [3.63, 3.8) is 0 Å². The molecule has 1 unspecified atom stereocenters. The van der Waals surface area contributed by atoms with Crippen LogP contribution < -0.4 is 14.8 Å². The molecule has 2 N–H and O–H groups in total. The monoisotopic (exact) mass is 281 g/mol. The van der Waals surface area contributed by atoms with E-state index in [1.165, 1.54) is 0 Å².